The Hall–Kier alpha value is -1.24. The first-order chi connectivity index (χ1) is 11.6. The lowest BCUT2D eigenvalue weighted by molar-refractivity contribution is -0.118. The second-order valence-corrected chi connectivity index (χ2v) is 7.83. The van der Waals surface area contributed by atoms with Crippen LogP contribution in [0.4, 0.5) is 0 Å². The van der Waals surface area contributed by atoms with Crippen molar-refractivity contribution in [3.05, 3.63) is 22.2 Å². The second kappa shape index (κ2) is 7.76. The Kier molecular flexibility index (Phi) is 5.69. The molecule has 2 heterocycles. The monoisotopic (exact) mass is 349 g/mol. The minimum atomic E-state index is -0.0345. The third kappa shape index (κ3) is 3.87. The maximum Gasteiger partial charge on any atom is 0.244 e. The molecular weight excluding hydrogens is 322 g/mol. The zero-order chi connectivity index (χ0) is 17.0. The van der Waals surface area contributed by atoms with Gasteiger partial charge in [0.15, 0.2) is 0 Å². The van der Waals surface area contributed by atoms with Crippen LogP contribution in [0.25, 0.3) is 6.08 Å². The molecule has 1 aromatic rings. The van der Waals surface area contributed by atoms with E-state index in [0.29, 0.717) is 0 Å². The molecule has 3 rings (SSSR count). The van der Waals surface area contributed by atoms with E-state index >= 15 is 0 Å². The summed E-state index contributed by atoms with van der Waals surface area (Å²) in [5.41, 5.74) is 0.939. The number of rotatable bonds is 5. The molecule has 1 saturated heterocycles. The molecule has 1 aromatic heterocycles. The molecule has 24 heavy (non-hydrogen) atoms. The fraction of sp³-hybridized carbons (Fsp3) is 0.667. The fourth-order valence-electron chi connectivity index (χ4n) is 4.03. The third-order valence-electron chi connectivity index (χ3n) is 5.32. The molecule has 1 aliphatic heterocycles. The number of amides is 1. The number of thiazole rings is 1. The van der Waals surface area contributed by atoms with Gasteiger partial charge in [0, 0.05) is 36.1 Å². The zero-order valence-corrected chi connectivity index (χ0v) is 15.4. The number of hydrogen-bond donors (Lipinski definition) is 1. The molecule has 1 aliphatic carbocycles. The van der Waals surface area contributed by atoms with Crippen LogP contribution in [0.3, 0.4) is 0 Å². The normalized spacial score (nSPS) is 22.8. The van der Waals surface area contributed by atoms with Gasteiger partial charge in [0.05, 0.1) is 23.9 Å². The van der Waals surface area contributed by atoms with Gasteiger partial charge in [-0.15, -0.1) is 11.3 Å². The summed E-state index contributed by atoms with van der Waals surface area (Å²) in [6, 6.07) is 0.132. The number of nitrogens with zero attached hydrogens (tertiary/aromatic N) is 2. The van der Waals surface area contributed by atoms with Crippen LogP contribution in [0.15, 0.2) is 11.5 Å². The van der Waals surface area contributed by atoms with E-state index in [2.05, 4.69) is 22.1 Å². The van der Waals surface area contributed by atoms with Gasteiger partial charge in [0.25, 0.3) is 0 Å². The number of hydrogen-bond acceptors (Lipinski definition) is 5. The predicted octanol–water partition coefficient (Wildman–Crippen LogP) is 2.61. The van der Waals surface area contributed by atoms with Gasteiger partial charge in [-0.05, 0) is 32.8 Å². The lowest BCUT2D eigenvalue weighted by Gasteiger charge is -2.47. The van der Waals surface area contributed by atoms with Gasteiger partial charge in [-0.1, -0.05) is 12.8 Å². The number of aryl methyl sites for hydroxylation is 1. The van der Waals surface area contributed by atoms with E-state index in [9.17, 15) is 4.79 Å². The fourth-order valence-corrected chi connectivity index (χ4v) is 4.61. The molecule has 1 atom stereocenters. The van der Waals surface area contributed by atoms with Crippen molar-refractivity contribution in [3.63, 3.8) is 0 Å². The van der Waals surface area contributed by atoms with Gasteiger partial charge in [-0.3, -0.25) is 9.69 Å². The molecule has 132 valence electrons. The summed E-state index contributed by atoms with van der Waals surface area (Å²) in [4.78, 5) is 19.2. The van der Waals surface area contributed by atoms with Crippen molar-refractivity contribution in [1.29, 1.82) is 0 Å². The Labute approximate surface area is 148 Å². The van der Waals surface area contributed by atoms with Crippen molar-refractivity contribution in [2.75, 3.05) is 26.3 Å². The first-order valence-electron chi connectivity index (χ1n) is 8.84. The van der Waals surface area contributed by atoms with Crippen molar-refractivity contribution >= 4 is 23.3 Å². The van der Waals surface area contributed by atoms with Crippen LogP contribution in [-0.4, -0.2) is 53.7 Å². The van der Waals surface area contributed by atoms with Crippen LogP contribution in [0.5, 0.6) is 0 Å². The van der Waals surface area contributed by atoms with Crippen molar-refractivity contribution in [2.45, 2.75) is 51.1 Å². The lowest BCUT2D eigenvalue weighted by atomic mass is 9.86. The summed E-state index contributed by atoms with van der Waals surface area (Å²) in [5, 5.41) is 6.19. The minimum absolute atomic E-state index is 0.0345. The largest absolute Gasteiger partial charge is 0.379 e. The summed E-state index contributed by atoms with van der Waals surface area (Å²) < 4.78 is 5.51. The van der Waals surface area contributed by atoms with Gasteiger partial charge < -0.3 is 10.1 Å². The molecule has 1 amide bonds. The Morgan fingerprint density at radius 2 is 2.12 bits per heavy atom. The highest BCUT2D eigenvalue weighted by atomic mass is 32.1. The molecular formula is C18H27N3O2S. The SMILES string of the molecule is Cc1nc(/C=C/C(=O)N[C@@H](C)C2(N3CCOCC3)CCCC2)cs1. The van der Waals surface area contributed by atoms with Gasteiger partial charge in [0.1, 0.15) is 0 Å². The highest BCUT2D eigenvalue weighted by Gasteiger charge is 2.44. The minimum Gasteiger partial charge on any atom is -0.379 e. The first kappa shape index (κ1) is 17.6. The van der Waals surface area contributed by atoms with Crippen LogP contribution < -0.4 is 5.32 Å². The molecule has 2 fully saturated rings. The van der Waals surface area contributed by atoms with Crippen LogP contribution >= 0.6 is 11.3 Å². The van der Waals surface area contributed by atoms with E-state index in [0.717, 1.165) is 49.8 Å². The van der Waals surface area contributed by atoms with Gasteiger partial charge in [0.2, 0.25) is 5.91 Å². The maximum absolute atomic E-state index is 12.3. The van der Waals surface area contributed by atoms with Crippen LogP contribution in [0, 0.1) is 6.92 Å². The molecule has 5 nitrogen and oxygen atoms in total. The number of carbonyl (C=O) groups is 1. The van der Waals surface area contributed by atoms with E-state index in [4.69, 9.17) is 4.74 Å². The standard InChI is InChI=1S/C18H27N3O2S/c1-14(19-17(22)6-5-16-13-24-15(2)20-16)18(7-3-4-8-18)21-9-11-23-12-10-21/h5-6,13-14H,3-4,7-12H2,1-2H3,(H,19,22)/b6-5+/t14-/m0/s1. The highest BCUT2D eigenvalue weighted by Crippen LogP contribution is 2.38. The van der Waals surface area contributed by atoms with Crippen LogP contribution in [0.2, 0.25) is 0 Å². The molecule has 1 N–H and O–H groups in total. The van der Waals surface area contributed by atoms with E-state index < -0.39 is 0 Å². The summed E-state index contributed by atoms with van der Waals surface area (Å²) in [7, 11) is 0. The molecule has 6 heteroatoms. The quantitative estimate of drug-likeness (QED) is 0.830. The van der Waals surface area contributed by atoms with Gasteiger partial charge in [-0.2, -0.15) is 0 Å². The average molecular weight is 350 g/mol. The van der Waals surface area contributed by atoms with E-state index in [-0.39, 0.29) is 17.5 Å². The Morgan fingerprint density at radius 3 is 2.75 bits per heavy atom. The number of aromatic nitrogens is 1. The molecule has 2 aliphatic rings. The number of morpholine rings is 1. The predicted molar refractivity (Wildman–Crippen MR) is 97.1 cm³/mol. The molecule has 0 unspecified atom stereocenters. The highest BCUT2D eigenvalue weighted by molar-refractivity contribution is 7.09. The second-order valence-electron chi connectivity index (χ2n) is 6.77. The van der Waals surface area contributed by atoms with Crippen molar-refractivity contribution in [1.82, 2.24) is 15.2 Å². The summed E-state index contributed by atoms with van der Waals surface area (Å²) >= 11 is 1.60. The lowest BCUT2D eigenvalue weighted by Crippen LogP contribution is -2.62. The van der Waals surface area contributed by atoms with Crippen molar-refractivity contribution in [3.8, 4) is 0 Å². The zero-order valence-electron chi connectivity index (χ0n) is 14.6. The Bertz CT molecular complexity index is 587. The number of ether oxygens (including phenoxy) is 1. The molecule has 0 bridgehead atoms. The molecule has 0 radical (unpaired) electrons. The maximum atomic E-state index is 12.3. The molecule has 0 spiro atoms. The Balaban J connectivity index is 1.63. The smallest absolute Gasteiger partial charge is 0.244 e. The number of carbonyl (C=O) groups excluding carboxylic acids is 1. The summed E-state index contributed by atoms with van der Waals surface area (Å²) in [6.07, 6.45) is 8.19. The molecule has 0 aromatic carbocycles. The van der Waals surface area contributed by atoms with Gasteiger partial charge in [-0.25, -0.2) is 4.98 Å². The average Bonchev–Trinajstić information content (AvgIpc) is 3.23. The summed E-state index contributed by atoms with van der Waals surface area (Å²) in [5.74, 6) is -0.0345. The van der Waals surface area contributed by atoms with Crippen LogP contribution in [0.1, 0.15) is 43.3 Å². The van der Waals surface area contributed by atoms with Crippen molar-refractivity contribution < 1.29 is 9.53 Å². The van der Waals surface area contributed by atoms with Crippen LogP contribution in [-0.2, 0) is 9.53 Å². The third-order valence-corrected chi connectivity index (χ3v) is 6.11. The van der Waals surface area contributed by atoms with Crippen molar-refractivity contribution in [2.24, 2.45) is 0 Å². The van der Waals surface area contributed by atoms with E-state index in [1.165, 1.54) is 12.8 Å². The summed E-state index contributed by atoms with van der Waals surface area (Å²) in [6.45, 7) is 7.65. The topological polar surface area (TPSA) is 54.5 Å². The number of nitrogens with one attached hydrogen (secondary N) is 1. The molecule has 1 saturated carbocycles. The van der Waals surface area contributed by atoms with E-state index in [1.54, 1.807) is 23.5 Å². The first-order valence-corrected chi connectivity index (χ1v) is 9.72. The van der Waals surface area contributed by atoms with Gasteiger partial charge >= 0.3 is 0 Å². The Morgan fingerprint density at radius 1 is 1.42 bits per heavy atom. The van der Waals surface area contributed by atoms with E-state index in [1.807, 2.05) is 12.3 Å².